The minimum atomic E-state index is -1.31. The highest BCUT2D eigenvalue weighted by Crippen LogP contribution is 2.33. The second-order valence-corrected chi connectivity index (χ2v) is 8.06. The van der Waals surface area contributed by atoms with Gasteiger partial charge in [0.15, 0.2) is 11.6 Å². The van der Waals surface area contributed by atoms with E-state index in [2.05, 4.69) is 21.2 Å². The molecule has 3 aromatic rings. The van der Waals surface area contributed by atoms with Crippen LogP contribution in [0, 0.1) is 18.2 Å². The molecule has 38 heavy (non-hydrogen) atoms. The monoisotopic (exact) mass is 544 g/mol. The van der Waals surface area contributed by atoms with Crippen molar-refractivity contribution in [1.82, 2.24) is 15.8 Å². The number of nitrogens with zero attached hydrogens (tertiary/aromatic N) is 1. The van der Waals surface area contributed by atoms with E-state index in [-0.39, 0.29) is 47.6 Å². The van der Waals surface area contributed by atoms with Crippen molar-refractivity contribution < 1.29 is 23.5 Å². The average molecular weight is 545 g/mol. The smallest absolute Gasteiger partial charge is 0.288 e. The number of amides is 2. The molecular weight excluding hydrogens is 515 g/mol. The van der Waals surface area contributed by atoms with E-state index in [0.29, 0.717) is 23.2 Å². The second kappa shape index (κ2) is 13.8. The fraction of sp³-hybridized carbons (Fsp3) is 0.231. The number of carbonyl (C=O) groups is 2. The van der Waals surface area contributed by atoms with Gasteiger partial charge in [-0.1, -0.05) is 13.0 Å². The van der Waals surface area contributed by atoms with Crippen LogP contribution in [-0.2, 0) is 4.79 Å². The molecule has 0 spiro atoms. The van der Waals surface area contributed by atoms with Gasteiger partial charge < -0.3 is 20.5 Å². The summed E-state index contributed by atoms with van der Waals surface area (Å²) in [7, 11) is 1.42. The number of halogens is 2. The van der Waals surface area contributed by atoms with E-state index < -0.39 is 23.7 Å². The molecule has 1 aromatic heterocycles. The average Bonchev–Trinajstić information content (AvgIpc) is 2.90. The molecule has 12 heteroatoms. The minimum Gasteiger partial charge on any atom is -0.497 e. The Morgan fingerprint density at radius 1 is 1.16 bits per heavy atom. The van der Waals surface area contributed by atoms with E-state index >= 15 is 4.39 Å². The van der Waals surface area contributed by atoms with Gasteiger partial charge >= 0.3 is 0 Å². The quantitative estimate of drug-likeness (QED) is 0.148. The number of benzene rings is 2. The lowest BCUT2D eigenvalue weighted by atomic mass is 10.0. The summed E-state index contributed by atoms with van der Waals surface area (Å²) < 4.78 is 26.4. The van der Waals surface area contributed by atoms with E-state index in [1.165, 1.54) is 25.4 Å². The Kier molecular flexibility index (Phi) is 10.8. The highest BCUT2D eigenvalue weighted by atomic mass is 35.5. The molecule has 1 unspecified atom stereocenters. The van der Waals surface area contributed by atoms with Gasteiger partial charge in [0.05, 0.1) is 13.7 Å². The Hall–Kier alpha value is -4.38. The van der Waals surface area contributed by atoms with Crippen LogP contribution in [0.15, 0.2) is 54.7 Å². The van der Waals surface area contributed by atoms with Crippen molar-refractivity contribution in [2.45, 2.75) is 26.3 Å². The predicted molar refractivity (Wildman–Crippen MR) is 144 cm³/mol. The van der Waals surface area contributed by atoms with E-state index in [9.17, 15) is 9.59 Å². The number of ether oxygens (including phenoxy) is 2. The molecule has 0 radical (unpaired) electrons. The topological polar surface area (TPSA) is 151 Å². The van der Waals surface area contributed by atoms with Crippen molar-refractivity contribution in [2.24, 2.45) is 5.73 Å². The van der Waals surface area contributed by atoms with Gasteiger partial charge in [-0.25, -0.2) is 4.39 Å². The van der Waals surface area contributed by atoms with Crippen LogP contribution in [0.1, 0.15) is 46.6 Å². The number of hydrogen-bond acceptors (Lipinski definition) is 7. The first-order valence-corrected chi connectivity index (χ1v) is 11.5. The van der Waals surface area contributed by atoms with Gasteiger partial charge in [0, 0.05) is 29.1 Å². The Balaban J connectivity index is 0.00000507. The fourth-order valence-corrected chi connectivity index (χ4v) is 3.41. The number of amidine groups is 1. The number of aromatic nitrogens is 1. The van der Waals surface area contributed by atoms with Crippen LogP contribution in [-0.4, -0.2) is 36.4 Å². The first kappa shape index (κ1) is 29.8. The lowest BCUT2D eigenvalue weighted by Gasteiger charge is -2.22. The highest BCUT2D eigenvalue weighted by Gasteiger charge is 2.28. The number of nitrogen functional groups attached to an aromatic ring is 1. The Labute approximate surface area is 226 Å². The number of anilines is 1. The molecule has 2 amide bonds. The summed E-state index contributed by atoms with van der Waals surface area (Å²) in [5.74, 6) is -2.06. The van der Waals surface area contributed by atoms with Crippen molar-refractivity contribution in [3.63, 3.8) is 0 Å². The van der Waals surface area contributed by atoms with Gasteiger partial charge in [-0.2, -0.15) is 0 Å². The maximum Gasteiger partial charge on any atom is 0.288 e. The number of hydrazine groups is 1. The Bertz CT molecular complexity index is 1290. The Morgan fingerprint density at radius 2 is 1.87 bits per heavy atom. The van der Waals surface area contributed by atoms with Crippen LogP contribution in [0.25, 0.3) is 0 Å². The molecule has 202 valence electrons. The minimum absolute atomic E-state index is 0. The summed E-state index contributed by atoms with van der Waals surface area (Å²) in [6, 6.07) is 11.2. The van der Waals surface area contributed by atoms with Crippen LogP contribution in [0.2, 0.25) is 0 Å². The van der Waals surface area contributed by atoms with Crippen LogP contribution in [0.5, 0.6) is 11.5 Å². The maximum atomic E-state index is 15.6. The lowest BCUT2D eigenvalue weighted by Crippen LogP contribution is -2.46. The number of methoxy groups -OCH3 is 1. The number of pyridine rings is 1. The summed E-state index contributed by atoms with van der Waals surface area (Å²) >= 11 is 0. The molecule has 1 atom stereocenters. The van der Waals surface area contributed by atoms with Crippen LogP contribution in [0.3, 0.4) is 0 Å². The van der Waals surface area contributed by atoms with Gasteiger partial charge in [0.1, 0.15) is 23.3 Å². The number of hydrogen-bond donors (Lipinski definition) is 5. The molecule has 0 saturated heterocycles. The van der Waals surface area contributed by atoms with E-state index in [4.69, 9.17) is 20.6 Å². The number of nitrogens with one attached hydrogen (secondary N) is 4. The first-order valence-electron chi connectivity index (χ1n) is 11.5. The number of rotatable bonds is 10. The third kappa shape index (κ3) is 7.32. The number of nitrogens with two attached hydrogens (primary N) is 1. The zero-order chi connectivity index (χ0) is 26.9. The van der Waals surface area contributed by atoms with Crippen molar-refractivity contribution >= 4 is 35.7 Å². The van der Waals surface area contributed by atoms with Gasteiger partial charge in [-0.3, -0.25) is 30.8 Å². The normalized spacial score (nSPS) is 10.9. The summed E-state index contributed by atoms with van der Waals surface area (Å²) in [6.45, 7) is 3.86. The highest BCUT2D eigenvalue weighted by molar-refractivity contribution is 5.96. The van der Waals surface area contributed by atoms with Crippen molar-refractivity contribution in [1.29, 1.82) is 5.41 Å². The zero-order valence-electron chi connectivity index (χ0n) is 21.1. The molecule has 0 aliphatic carbocycles. The molecule has 3 rings (SSSR count). The molecule has 0 bridgehead atoms. The summed E-state index contributed by atoms with van der Waals surface area (Å²) in [5.41, 5.74) is 11.8. The number of aryl methyl sites for hydroxylation is 1. The van der Waals surface area contributed by atoms with Crippen molar-refractivity contribution in [2.75, 3.05) is 19.0 Å². The van der Waals surface area contributed by atoms with E-state index in [0.717, 1.165) is 0 Å². The van der Waals surface area contributed by atoms with Gasteiger partial charge in [0.2, 0.25) is 0 Å². The number of carbonyl (C=O) groups excluding carboxylic acids is 2. The first-order chi connectivity index (χ1) is 17.7. The van der Waals surface area contributed by atoms with Crippen LogP contribution in [0.4, 0.5) is 10.1 Å². The largest absolute Gasteiger partial charge is 0.497 e. The third-order valence-corrected chi connectivity index (χ3v) is 5.34. The molecule has 10 nitrogen and oxygen atoms in total. The molecule has 1 heterocycles. The third-order valence-electron chi connectivity index (χ3n) is 5.34. The maximum absolute atomic E-state index is 15.6. The van der Waals surface area contributed by atoms with Crippen molar-refractivity contribution in [3.05, 3.63) is 82.9 Å². The van der Waals surface area contributed by atoms with Crippen LogP contribution >= 0.6 is 12.4 Å². The molecule has 0 fully saturated rings. The second-order valence-electron chi connectivity index (χ2n) is 8.06. The fourth-order valence-electron chi connectivity index (χ4n) is 3.41. The zero-order valence-corrected chi connectivity index (χ0v) is 21.9. The molecule has 0 saturated carbocycles. The molecule has 2 aromatic carbocycles. The van der Waals surface area contributed by atoms with Crippen molar-refractivity contribution in [3.8, 4) is 11.5 Å². The molecule has 6 N–H and O–H groups in total. The Morgan fingerprint density at radius 3 is 2.47 bits per heavy atom. The standard InChI is InChI=1S/C26H29FN6O4.ClH/c1-4-12-37-20-14-18(36-3)13-19(21(20)27)23(31-17-9-7-16(8-10-17)24(28)29)26(35)33-32-25(34)22-15(2)6-5-11-30-22;/h5-11,13-14,23,31H,4,12H2,1-3H3,(H3,28,29)(H,32,34)(H,33,35);1H. The lowest BCUT2D eigenvalue weighted by molar-refractivity contribution is -0.122. The molecule has 0 aliphatic heterocycles. The van der Waals surface area contributed by atoms with Crippen LogP contribution < -0.4 is 31.4 Å². The van der Waals surface area contributed by atoms with E-state index in [1.54, 1.807) is 43.3 Å². The summed E-state index contributed by atoms with van der Waals surface area (Å²) in [6.07, 6.45) is 2.11. The van der Waals surface area contributed by atoms with Gasteiger partial charge in [-0.05, 0) is 55.3 Å². The SMILES string of the molecule is CCCOc1cc(OC)cc(C(Nc2ccc(C(=N)N)cc2)C(=O)NNC(=O)c2ncccc2C)c1F.Cl. The molecular formula is C26H30ClFN6O4. The molecule has 0 aliphatic rings. The van der Waals surface area contributed by atoms with Gasteiger partial charge in [-0.15, -0.1) is 12.4 Å². The predicted octanol–water partition coefficient (Wildman–Crippen LogP) is 3.65. The summed E-state index contributed by atoms with van der Waals surface area (Å²) in [4.78, 5) is 29.9. The van der Waals surface area contributed by atoms with E-state index in [1.807, 2.05) is 6.92 Å². The van der Waals surface area contributed by atoms with Gasteiger partial charge in [0.25, 0.3) is 11.8 Å². The summed E-state index contributed by atoms with van der Waals surface area (Å²) in [5, 5.41) is 10.5.